The van der Waals surface area contributed by atoms with Crippen molar-refractivity contribution in [3.63, 3.8) is 0 Å². The van der Waals surface area contributed by atoms with Gasteiger partial charge in [0, 0.05) is 37.4 Å². The molecule has 4 rings (SSSR count). The molecule has 140 valence electrons. The SMILES string of the molecule is Cc1ncnc(N2CC3CN(S(=O)(=O)c4c(C)noc4C)CC3C2)c1C. The normalized spacial score (nSPS) is 23.6. The minimum atomic E-state index is -3.56. The summed E-state index contributed by atoms with van der Waals surface area (Å²) in [6.07, 6.45) is 1.60. The Morgan fingerprint density at radius 3 is 2.23 bits per heavy atom. The highest BCUT2D eigenvalue weighted by molar-refractivity contribution is 7.89. The van der Waals surface area contributed by atoms with Gasteiger partial charge in [-0.1, -0.05) is 5.16 Å². The number of sulfonamides is 1. The van der Waals surface area contributed by atoms with Crippen LogP contribution in [0, 0.1) is 39.5 Å². The fourth-order valence-electron chi connectivity index (χ4n) is 4.14. The summed E-state index contributed by atoms with van der Waals surface area (Å²) in [5.41, 5.74) is 2.50. The van der Waals surface area contributed by atoms with E-state index in [1.165, 1.54) is 0 Å². The molecule has 2 unspecified atom stereocenters. The van der Waals surface area contributed by atoms with Crippen LogP contribution in [0.15, 0.2) is 15.7 Å². The molecular weight excluding hydrogens is 354 g/mol. The zero-order chi connectivity index (χ0) is 18.6. The molecule has 2 saturated heterocycles. The van der Waals surface area contributed by atoms with Crippen LogP contribution in [-0.4, -0.2) is 54.0 Å². The molecular formula is C17H23N5O3S. The zero-order valence-corrected chi connectivity index (χ0v) is 16.2. The molecule has 2 aromatic rings. The van der Waals surface area contributed by atoms with Crippen molar-refractivity contribution < 1.29 is 12.9 Å². The molecule has 0 aliphatic carbocycles. The molecule has 0 bridgehead atoms. The zero-order valence-electron chi connectivity index (χ0n) is 15.4. The molecule has 4 heterocycles. The second kappa shape index (κ2) is 6.02. The summed E-state index contributed by atoms with van der Waals surface area (Å²) >= 11 is 0. The van der Waals surface area contributed by atoms with Gasteiger partial charge in [-0.25, -0.2) is 18.4 Å². The first-order valence-corrected chi connectivity index (χ1v) is 10.2. The number of rotatable bonds is 3. The monoisotopic (exact) mass is 377 g/mol. The van der Waals surface area contributed by atoms with Crippen LogP contribution in [-0.2, 0) is 10.0 Å². The van der Waals surface area contributed by atoms with Gasteiger partial charge in [0.2, 0.25) is 10.0 Å². The molecule has 2 aliphatic heterocycles. The molecule has 0 amide bonds. The van der Waals surface area contributed by atoms with Crippen molar-refractivity contribution >= 4 is 15.8 Å². The predicted octanol–water partition coefficient (Wildman–Crippen LogP) is 1.46. The van der Waals surface area contributed by atoms with E-state index in [1.807, 2.05) is 13.8 Å². The minimum Gasteiger partial charge on any atom is -0.360 e. The molecule has 2 aliphatic rings. The van der Waals surface area contributed by atoms with Crippen molar-refractivity contribution in [2.45, 2.75) is 32.6 Å². The molecule has 0 N–H and O–H groups in total. The van der Waals surface area contributed by atoms with Gasteiger partial charge < -0.3 is 9.42 Å². The Balaban J connectivity index is 1.53. The van der Waals surface area contributed by atoms with Crippen molar-refractivity contribution in [1.82, 2.24) is 19.4 Å². The number of aromatic nitrogens is 3. The molecule has 0 saturated carbocycles. The first-order valence-electron chi connectivity index (χ1n) is 8.75. The molecule has 26 heavy (non-hydrogen) atoms. The number of anilines is 1. The Morgan fingerprint density at radius 1 is 1.00 bits per heavy atom. The second-order valence-corrected chi connectivity index (χ2v) is 9.18. The van der Waals surface area contributed by atoms with E-state index in [9.17, 15) is 8.42 Å². The van der Waals surface area contributed by atoms with E-state index < -0.39 is 10.0 Å². The summed E-state index contributed by atoms with van der Waals surface area (Å²) in [4.78, 5) is 11.2. The predicted molar refractivity (Wildman–Crippen MR) is 95.4 cm³/mol. The maximum atomic E-state index is 13.0. The summed E-state index contributed by atoms with van der Waals surface area (Å²) in [7, 11) is -3.56. The Bertz CT molecular complexity index is 922. The van der Waals surface area contributed by atoms with Gasteiger partial charge in [0.05, 0.1) is 0 Å². The average molecular weight is 377 g/mol. The van der Waals surface area contributed by atoms with Gasteiger partial charge in [-0.2, -0.15) is 4.31 Å². The molecule has 2 aromatic heterocycles. The summed E-state index contributed by atoms with van der Waals surface area (Å²) in [6, 6.07) is 0. The van der Waals surface area contributed by atoms with Crippen LogP contribution in [0.2, 0.25) is 0 Å². The summed E-state index contributed by atoms with van der Waals surface area (Å²) in [5, 5.41) is 3.79. The topological polar surface area (TPSA) is 92.4 Å². The van der Waals surface area contributed by atoms with Crippen molar-refractivity contribution in [2.75, 3.05) is 31.1 Å². The van der Waals surface area contributed by atoms with E-state index in [0.717, 1.165) is 30.2 Å². The molecule has 0 aromatic carbocycles. The number of hydrogen-bond donors (Lipinski definition) is 0. The van der Waals surface area contributed by atoms with Gasteiger partial charge in [0.25, 0.3) is 0 Å². The lowest BCUT2D eigenvalue weighted by Crippen LogP contribution is -2.34. The molecule has 2 fully saturated rings. The lowest BCUT2D eigenvalue weighted by atomic mass is 10.0. The first kappa shape index (κ1) is 17.4. The number of nitrogens with zero attached hydrogens (tertiary/aromatic N) is 5. The van der Waals surface area contributed by atoms with E-state index in [2.05, 4.69) is 20.0 Å². The maximum absolute atomic E-state index is 13.0. The Labute approximate surface area is 153 Å². The van der Waals surface area contributed by atoms with Gasteiger partial charge in [0.15, 0.2) is 5.76 Å². The van der Waals surface area contributed by atoms with Crippen LogP contribution in [0.5, 0.6) is 0 Å². The standard InChI is InChI=1S/C17H23N5O3S/c1-10-11(2)18-9-19-17(10)21-5-14-7-22(8-15(14)6-21)26(23,24)16-12(3)20-25-13(16)4/h9,14-15H,5-8H2,1-4H3. The van der Waals surface area contributed by atoms with Crippen molar-refractivity contribution in [3.05, 3.63) is 29.0 Å². The third-order valence-electron chi connectivity index (χ3n) is 5.63. The largest absolute Gasteiger partial charge is 0.360 e. The third kappa shape index (κ3) is 2.61. The summed E-state index contributed by atoms with van der Waals surface area (Å²) in [6.45, 7) is 10.0. The van der Waals surface area contributed by atoms with Crippen LogP contribution in [0.1, 0.15) is 22.7 Å². The van der Waals surface area contributed by atoms with Crippen molar-refractivity contribution in [3.8, 4) is 0 Å². The Kier molecular flexibility index (Phi) is 4.03. The van der Waals surface area contributed by atoms with Crippen LogP contribution >= 0.6 is 0 Å². The summed E-state index contributed by atoms with van der Waals surface area (Å²) < 4.78 is 32.7. The molecule has 9 heteroatoms. The van der Waals surface area contributed by atoms with Gasteiger partial charge in [0.1, 0.15) is 22.7 Å². The fourth-order valence-corrected chi connectivity index (χ4v) is 5.98. The van der Waals surface area contributed by atoms with Crippen LogP contribution < -0.4 is 4.90 Å². The number of fused-ring (bicyclic) bond motifs is 1. The van der Waals surface area contributed by atoms with Crippen LogP contribution in [0.3, 0.4) is 0 Å². The lowest BCUT2D eigenvalue weighted by molar-refractivity contribution is 0.389. The Hall–Kier alpha value is -2.00. The molecule has 2 atom stereocenters. The van der Waals surface area contributed by atoms with E-state index in [4.69, 9.17) is 4.52 Å². The van der Waals surface area contributed by atoms with E-state index in [-0.39, 0.29) is 4.90 Å². The van der Waals surface area contributed by atoms with E-state index in [0.29, 0.717) is 36.4 Å². The summed E-state index contributed by atoms with van der Waals surface area (Å²) in [5.74, 6) is 1.93. The maximum Gasteiger partial charge on any atom is 0.248 e. The van der Waals surface area contributed by atoms with Gasteiger partial charge in [-0.05, 0) is 39.5 Å². The van der Waals surface area contributed by atoms with Crippen molar-refractivity contribution in [1.29, 1.82) is 0 Å². The Morgan fingerprint density at radius 2 is 1.65 bits per heavy atom. The van der Waals surface area contributed by atoms with Crippen molar-refractivity contribution in [2.24, 2.45) is 11.8 Å². The van der Waals surface area contributed by atoms with Gasteiger partial charge in [-0.3, -0.25) is 0 Å². The highest BCUT2D eigenvalue weighted by Crippen LogP contribution is 2.37. The number of hydrogen-bond acceptors (Lipinski definition) is 7. The van der Waals surface area contributed by atoms with Gasteiger partial charge in [-0.15, -0.1) is 0 Å². The van der Waals surface area contributed by atoms with Gasteiger partial charge >= 0.3 is 0 Å². The average Bonchev–Trinajstić information content (AvgIpc) is 3.23. The minimum absolute atomic E-state index is 0.219. The fraction of sp³-hybridized carbons (Fsp3) is 0.588. The van der Waals surface area contributed by atoms with E-state index in [1.54, 1.807) is 24.5 Å². The molecule has 8 nitrogen and oxygen atoms in total. The molecule has 0 radical (unpaired) electrons. The quantitative estimate of drug-likeness (QED) is 0.799. The second-order valence-electron chi connectivity index (χ2n) is 7.31. The number of aryl methyl sites for hydroxylation is 3. The third-order valence-corrected chi connectivity index (χ3v) is 7.70. The van der Waals surface area contributed by atoms with E-state index >= 15 is 0 Å². The highest BCUT2D eigenvalue weighted by atomic mass is 32.2. The highest BCUT2D eigenvalue weighted by Gasteiger charge is 2.46. The van der Waals surface area contributed by atoms with Crippen LogP contribution in [0.4, 0.5) is 5.82 Å². The molecule has 0 spiro atoms. The smallest absolute Gasteiger partial charge is 0.248 e. The lowest BCUT2D eigenvalue weighted by Gasteiger charge is -2.23. The first-order chi connectivity index (χ1) is 12.3. The van der Waals surface area contributed by atoms with Crippen LogP contribution in [0.25, 0.3) is 0 Å².